The van der Waals surface area contributed by atoms with Crippen LogP contribution in [0.3, 0.4) is 0 Å². The molecule has 0 aliphatic rings. The second kappa shape index (κ2) is 6.72. The summed E-state index contributed by atoms with van der Waals surface area (Å²) in [5.41, 5.74) is 3.78. The Morgan fingerprint density at radius 1 is 1.12 bits per heavy atom. The summed E-state index contributed by atoms with van der Waals surface area (Å²) in [7, 11) is 4.97. The maximum Gasteiger partial charge on any atom is 0.287 e. The van der Waals surface area contributed by atoms with Gasteiger partial charge in [0.05, 0.1) is 24.4 Å². The Bertz CT molecular complexity index is 1010. The largest absolute Gasteiger partial charge is 0.496 e. The molecule has 3 rings (SSSR count). The lowest BCUT2D eigenvalue weighted by atomic mass is 10.1. The molecule has 0 bridgehead atoms. The number of aromatic nitrogens is 1. The van der Waals surface area contributed by atoms with Crippen LogP contribution in [0.5, 0.6) is 11.5 Å². The van der Waals surface area contributed by atoms with Gasteiger partial charge in [-0.2, -0.15) is 4.99 Å². The summed E-state index contributed by atoms with van der Waals surface area (Å²) in [5, 5.41) is 0. The zero-order chi connectivity index (χ0) is 18.1. The van der Waals surface area contributed by atoms with Crippen molar-refractivity contribution in [3.05, 3.63) is 51.8 Å². The van der Waals surface area contributed by atoms with Crippen LogP contribution in [0.1, 0.15) is 21.5 Å². The first-order chi connectivity index (χ1) is 12.0. The van der Waals surface area contributed by atoms with Gasteiger partial charge in [-0.15, -0.1) is 0 Å². The minimum atomic E-state index is -0.383. The van der Waals surface area contributed by atoms with E-state index in [1.54, 1.807) is 18.2 Å². The van der Waals surface area contributed by atoms with Gasteiger partial charge in [0.1, 0.15) is 17.1 Å². The maximum atomic E-state index is 12.8. The summed E-state index contributed by atoms with van der Waals surface area (Å²) >= 11 is 1.50. The number of amides is 1. The zero-order valence-corrected chi connectivity index (χ0v) is 15.7. The molecule has 0 aliphatic carbocycles. The van der Waals surface area contributed by atoms with Gasteiger partial charge in [0.25, 0.3) is 5.91 Å². The van der Waals surface area contributed by atoms with Crippen LogP contribution in [0.4, 0.5) is 0 Å². The first kappa shape index (κ1) is 17.2. The van der Waals surface area contributed by atoms with Crippen LogP contribution in [-0.2, 0) is 7.05 Å². The first-order valence-electron chi connectivity index (χ1n) is 7.83. The number of fused-ring (bicyclic) bond motifs is 1. The van der Waals surface area contributed by atoms with Crippen molar-refractivity contribution in [2.24, 2.45) is 12.0 Å². The third kappa shape index (κ3) is 3.05. The van der Waals surface area contributed by atoms with Crippen molar-refractivity contribution < 1.29 is 14.3 Å². The van der Waals surface area contributed by atoms with Crippen molar-refractivity contribution >= 4 is 27.5 Å². The van der Waals surface area contributed by atoms with E-state index >= 15 is 0 Å². The number of carbonyl (C=O) groups excluding carboxylic acids is 1. The Labute approximate surface area is 150 Å². The molecule has 5 nitrogen and oxygen atoms in total. The summed E-state index contributed by atoms with van der Waals surface area (Å²) in [5.74, 6) is 0.513. The lowest BCUT2D eigenvalue weighted by Gasteiger charge is -2.09. The predicted molar refractivity (Wildman–Crippen MR) is 99.7 cm³/mol. The van der Waals surface area contributed by atoms with Crippen LogP contribution in [0, 0.1) is 13.8 Å². The molecule has 0 radical (unpaired) electrons. The molecule has 0 N–H and O–H groups in total. The molecule has 25 heavy (non-hydrogen) atoms. The normalized spacial score (nSPS) is 11.8. The number of methoxy groups -OCH3 is 2. The molecule has 0 atom stereocenters. The molecule has 130 valence electrons. The van der Waals surface area contributed by atoms with Crippen molar-refractivity contribution in [3.8, 4) is 11.5 Å². The molecule has 6 heteroatoms. The molecule has 0 unspecified atom stereocenters. The van der Waals surface area contributed by atoms with Gasteiger partial charge in [-0.1, -0.05) is 23.5 Å². The number of benzene rings is 2. The molecule has 0 fully saturated rings. The number of hydrogen-bond acceptors (Lipinski definition) is 4. The second-order valence-corrected chi connectivity index (χ2v) is 6.84. The highest BCUT2D eigenvalue weighted by Crippen LogP contribution is 2.29. The number of hydrogen-bond donors (Lipinski definition) is 0. The third-order valence-corrected chi connectivity index (χ3v) is 5.15. The third-order valence-electron chi connectivity index (χ3n) is 4.07. The minimum absolute atomic E-state index is 0.331. The fraction of sp³-hybridized carbons (Fsp3) is 0.263. The van der Waals surface area contributed by atoms with Crippen molar-refractivity contribution in [3.63, 3.8) is 0 Å². The number of ether oxygens (including phenoxy) is 2. The number of thiazole rings is 1. The topological polar surface area (TPSA) is 52.8 Å². The van der Waals surface area contributed by atoms with Crippen LogP contribution in [0.2, 0.25) is 0 Å². The van der Waals surface area contributed by atoms with E-state index in [4.69, 9.17) is 9.47 Å². The molecule has 1 amide bonds. The van der Waals surface area contributed by atoms with Gasteiger partial charge in [-0.3, -0.25) is 4.79 Å². The number of rotatable bonds is 3. The van der Waals surface area contributed by atoms with Crippen LogP contribution in [0.15, 0.2) is 35.3 Å². The van der Waals surface area contributed by atoms with E-state index in [1.165, 1.54) is 31.1 Å². The Hall–Kier alpha value is -2.60. The minimum Gasteiger partial charge on any atom is -0.496 e. The number of aryl methyl sites for hydroxylation is 3. The first-order valence-corrected chi connectivity index (χ1v) is 8.64. The molecule has 0 spiro atoms. The summed E-state index contributed by atoms with van der Waals surface area (Å²) in [6.45, 7) is 4.13. The van der Waals surface area contributed by atoms with E-state index in [0.717, 1.165) is 15.8 Å². The molecule has 0 saturated carbocycles. The maximum absolute atomic E-state index is 12.8. The van der Waals surface area contributed by atoms with E-state index in [1.807, 2.05) is 11.6 Å². The standard InChI is InChI=1S/C19H20N2O3S/c1-11-9-12(2)17-15(10-11)25-19(21(17)3)20-18(22)16-13(23-4)7-6-8-14(16)24-5/h6-10H,1-5H3. The highest BCUT2D eigenvalue weighted by Gasteiger charge is 2.18. The van der Waals surface area contributed by atoms with Crippen molar-refractivity contribution in [1.82, 2.24) is 4.57 Å². The average molecular weight is 356 g/mol. The van der Waals surface area contributed by atoms with Gasteiger partial charge in [-0.05, 0) is 43.2 Å². The molecular formula is C19H20N2O3S. The molecule has 0 aliphatic heterocycles. The Morgan fingerprint density at radius 3 is 2.36 bits per heavy atom. The van der Waals surface area contributed by atoms with E-state index in [9.17, 15) is 4.79 Å². The smallest absolute Gasteiger partial charge is 0.287 e. The summed E-state index contributed by atoms with van der Waals surface area (Å²) < 4.78 is 13.7. The Balaban J connectivity index is 2.20. The van der Waals surface area contributed by atoms with Crippen molar-refractivity contribution in [2.75, 3.05) is 14.2 Å². The molecule has 1 aromatic heterocycles. The van der Waals surface area contributed by atoms with Gasteiger partial charge < -0.3 is 14.0 Å². The van der Waals surface area contributed by atoms with Crippen LogP contribution in [0.25, 0.3) is 10.2 Å². The van der Waals surface area contributed by atoms with E-state index in [0.29, 0.717) is 21.9 Å². The van der Waals surface area contributed by atoms with E-state index in [2.05, 4.69) is 31.0 Å². The monoisotopic (exact) mass is 356 g/mol. The SMILES string of the molecule is COc1cccc(OC)c1C(=O)N=c1sc2cc(C)cc(C)c2n1C. The quantitative estimate of drug-likeness (QED) is 0.720. The summed E-state index contributed by atoms with van der Waals surface area (Å²) in [6.07, 6.45) is 0. The summed E-state index contributed by atoms with van der Waals surface area (Å²) in [6, 6.07) is 9.47. The average Bonchev–Trinajstić information content (AvgIpc) is 2.89. The highest BCUT2D eigenvalue weighted by molar-refractivity contribution is 7.16. The zero-order valence-electron chi connectivity index (χ0n) is 14.9. The van der Waals surface area contributed by atoms with Gasteiger partial charge in [-0.25, -0.2) is 0 Å². The highest BCUT2D eigenvalue weighted by atomic mass is 32.1. The van der Waals surface area contributed by atoms with Gasteiger partial charge >= 0.3 is 0 Å². The van der Waals surface area contributed by atoms with E-state index in [-0.39, 0.29) is 5.91 Å². The fourth-order valence-corrected chi connectivity index (χ4v) is 4.19. The van der Waals surface area contributed by atoms with Gasteiger partial charge in [0, 0.05) is 7.05 Å². The molecule has 2 aromatic carbocycles. The molecular weight excluding hydrogens is 336 g/mol. The lowest BCUT2D eigenvalue weighted by molar-refractivity contribution is 0.0992. The molecule has 0 saturated heterocycles. The van der Waals surface area contributed by atoms with Gasteiger partial charge in [0.15, 0.2) is 4.80 Å². The molecule has 3 aromatic rings. The number of nitrogens with zero attached hydrogens (tertiary/aromatic N) is 2. The lowest BCUT2D eigenvalue weighted by Crippen LogP contribution is -2.14. The number of carbonyl (C=O) groups is 1. The van der Waals surface area contributed by atoms with Gasteiger partial charge in [0.2, 0.25) is 0 Å². The Kier molecular flexibility index (Phi) is 4.63. The van der Waals surface area contributed by atoms with Crippen molar-refractivity contribution in [1.29, 1.82) is 0 Å². The Morgan fingerprint density at radius 2 is 1.76 bits per heavy atom. The van der Waals surface area contributed by atoms with E-state index < -0.39 is 0 Å². The predicted octanol–water partition coefficient (Wildman–Crippen LogP) is 3.61. The van der Waals surface area contributed by atoms with Crippen LogP contribution in [-0.4, -0.2) is 24.7 Å². The van der Waals surface area contributed by atoms with Crippen LogP contribution >= 0.6 is 11.3 Å². The summed E-state index contributed by atoms with van der Waals surface area (Å²) in [4.78, 5) is 17.8. The van der Waals surface area contributed by atoms with Crippen LogP contribution < -0.4 is 14.3 Å². The fourth-order valence-electron chi connectivity index (χ4n) is 2.99. The molecule has 1 heterocycles. The van der Waals surface area contributed by atoms with Crippen molar-refractivity contribution in [2.45, 2.75) is 13.8 Å². The second-order valence-electron chi connectivity index (χ2n) is 5.83.